The van der Waals surface area contributed by atoms with E-state index in [1.54, 1.807) is 0 Å². The SMILES string of the molecule is CCN=C1C=CC(=C(CCc2ccc(N)c(C)c2)c2ccccc2Cl)C=C1C. The standard InChI is InChI=1S/C25H27ClN2/c1-4-28-25-14-11-20(16-18(25)3)21(22-7-5-6-8-23(22)26)12-9-19-10-13-24(27)17(2)15-19/h5-8,10-11,13-16H,4,9,12,27H2,1-3H3. The second-order valence-corrected chi connectivity index (χ2v) is 7.53. The Morgan fingerprint density at radius 3 is 2.54 bits per heavy atom. The molecule has 2 nitrogen and oxygen atoms in total. The van der Waals surface area contributed by atoms with Gasteiger partial charge < -0.3 is 5.73 Å². The van der Waals surface area contributed by atoms with Gasteiger partial charge in [0, 0.05) is 17.3 Å². The zero-order valence-electron chi connectivity index (χ0n) is 16.8. The Labute approximate surface area is 173 Å². The first kappa shape index (κ1) is 20.2. The maximum Gasteiger partial charge on any atom is 0.0603 e. The number of aryl methyl sites for hydroxylation is 2. The van der Waals surface area contributed by atoms with Crippen LogP contribution < -0.4 is 5.73 Å². The number of aliphatic imine (C=N–C) groups is 1. The van der Waals surface area contributed by atoms with Crippen LogP contribution in [0, 0.1) is 6.92 Å². The number of allylic oxidation sites excluding steroid dienone is 6. The van der Waals surface area contributed by atoms with E-state index in [4.69, 9.17) is 17.3 Å². The Morgan fingerprint density at radius 1 is 1.07 bits per heavy atom. The van der Waals surface area contributed by atoms with Crippen molar-refractivity contribution in [2.75, 3.05) is 12.3 Å². The fraction of sp³-hybridized carbons (Fsp3) is 0.240. The predicted molar refractivity (Wildman–Crippen MR) is 123 cm³/mol. The minimum Gasteiger partial charge on any atom is -0.399 e. The molecule has 1 aliphatic rings. The van der Waals surface area contributed by atoms with Crippen molar-refractivity contribution < 1.29 is 0 Å². The van der Waals surface area contributed by atoms with E-state index in [2.05, 4.69) is 62.2 Å². The van der Waals surface area contributed by atoms with Crippen LogP contribution in [0.3, 0.4) is 0 Å². The highest BCUT2D eigenvalue weighted by Crippen LogP contribution is 2.33. The van der Waals surface area contributed by atoms with Crippen LogP contribution in [0.5, 0.6) is 0 Å². The van der Waals surface area contributed by atoms with Gasteiger partial charge in [-0.1, -0.05) is 48.0 Å². The lowest BCUT2D eigenvalue weighted by Crippen LogP contribution is -2.04. The topological polar surface area (TPSA) is 38.4 Å². The van der Waals surface area contributed by atoms with Gasteiger partial charge in [-0.3, -0.25) is 4.99 Å². The predicted octanol–water partition coefficient (Wildman–Crippen LogP) is 6.59. The number of hydrogen-bond acceptors (Lipinski definition) is 2. The van der Waals surface area contributed by atoms with E-state index in [0.29, 0.717) is 0 Å². The maximum absolute atomic E-state index is 6.56. The smallest absolute Gasteiger partial charge is 0.0603 e. The number of halogens is 1. The van der Waals surface area contributed by atoms with E-state index in [1.807, 2.05) is 24.3 Å². The lowest BCUT2D eigenvalue weighted by atomic mass is 9.89. The van der Waals surface area contributed by atoms with Gasteiger partial charge in [-0.25, -0.2) is 0 Å². The van der Waals surface area contributed by atoms with Crippen LogP contribution in [0.1, 0.15) is 37.0 Å². The van der Waals surface area contributed by atoms with Gasteiger partial charge in [0.05, 0.1) is 5.71 Å². The molecule has 0 fully saturated rings. The van der Waals surface area contributed by atoms with E-state index in [0.717, 1.165) is 46.9 Å². The molecule has 0 aliphatic heterocycles. The first-order chi connectivity index (χ1) is 13.5. The fourth-order valence-corrected chi connectivity index (χ4v) is 3.74. The van der Waals surface area contributed by atoms with Crippen LogP contribution in [-0.2, 0) is 6.42 Å². The monoisotopic (exact) mass is 390 g/mol. The molecule has 2 aromatic carbocycles. The van der Waals surface area contributed by atoms with Crippen molar-refractivity contribution in [2.24, 2.45) is 4.99 Å². The molecule has 0 aromatic heterocycles. The molecule has 0 spiro atoms. The molecule has 1 aliphatic carbocycles. The van der Waals surface area contributed by atoms with E-state index in [1.165, 1.54) is 22.3 Å². The summed E-state index contributed by atoms with van der Waals surface area (Å²) in [5.74, 6) is 0. The number of anilines is 1. The van der Waals surface area contributed by atoms with Crippen molar-refractivity contribution in [3.8, 4) is 0 Å². The Kier molecular flexibility index (Phi) is 6.53. The average molecular weight is 391 g/mol. The highest BCUT2D eigenvalue weighted by Gasteiger charge is 2.14. The third kappa shape index (κ3) is 4.63. The lowest BCUT2D eigenvalue weighted by molar-refractivity contribution is 1.01. The van der Waals surface area contributed by atoms with Crippen molar-refractivity contribution in [3.63, 3.8) is 0 Å². The Morgan fingerprint density at radius 2 is 1.86 bits per heavy atom. The van der Waals surface area contributed by atoms with E-state index >= 15 is 0 Å². The highest BCUT2D eigenvalue weighted by molar-refractivity contribution is 6.32. The summed E-state index contributed by atoms with van der Waals surface area (Å²) in [5.41, 5.74) is 15.0. The number of nitrogens with zero attached hydrogens (tertiary/aromatic N) is 1. The molecule has 0 saturated heterocycles. The third-order valence-corrected chi connectivity index (χ3v) is 5.40. The molecule has 0 atom stereocenters. The maximum atomic E-state index is 6.56. The van der Waals surface area contributed by atoms with Crippen molar-refractivity contribution in [2.45, 2.75) is 33.6 Å². The summed E-state index contributed by atoms with van der Waals surface area (Å²) >= 11 is 6.56. The van der Waals surface area contributed by atoms with Crippen molar-refractivity contribution in [3.05, 3.63) is 93.6 Å². The van der Waals surface area contributed by atoms with Gasteiger partial charge in [0.1, 0.15) is 0 Å². The number of rotatable bonds is 5. The summed E-state index contributed by atoms with van der Waals surface area (Å²) in [6, 6.07) is 14.4. The van der Waals surface area contributed by atoms with Crippen molar-refractivity contribution in [1.82, 2.24) is 0 Å². The van der Waals surface area contributed by atoms with Gasteiger partial charge in [-0.05, 0) is 91.3 Å². The molecule has 2 aromatic rings. The molecule has 0 heterocycles. The van der Waals surface area contributed by atoms with Crippen LogP contribution in [0.2, 0.25) is 5.02 Å². The Hall–Kier alpha value is -2.58. The third-order valence-electron chi connectivity index (χ3n) is 5.07. The normalized spacial score (nSPS) is 17.0. The van der Waals surface area contributed by atoms with E-state index in [9.17, 15) is 0 Å². The first-order valence-corrected chi connectivity index (χ1v) is 10.1. The van der Waals surface area contributed by atoms with Crippen LogP contribution in [0.4, 0.5) is 5.69 Å². The molecule has 0 bridgehead atoms. The minimum absolute atomic E-state index is 0.783. The second-order valence-electron chi connectivity index (χ2n) is 7.12. The average Bonchev–Trinajstić information content (AvgIpc) is 2.68. The molecule has 0 unspecified atom stereocenters. The van der Waals surface area contributed by atoms with Crippen LogP contribution in [-0.4, -0.2) is 12.3 Å². The molecule has 0 radical (unpaired) electrons. The Bertz CT molecular complexity index is 993. The molecular weight excluding hydrogens is 364 g/mol. The molecule has 144 valence electrons. The van der Waals surface area contributed by atoms with Gasteiger partial charge in [-0.2, -0.15) is 0 Å². The number of benzene rings is 2. The molecule has 3 rings (SSSR count). The van der Waals surface area contributed by atoms with E-state index < -0.39 is 0 Å². The summed E-state index contributed by atoms with van der Waals surface area (Å²) in [6.07, 6.45) is 8.33. The second kappa shape index (κ2) is 9.07. The molecule has 0 saturated carbocycles. The summed E-state index contributed by atoms with van der Waals surface area (Å²) in [5, 5.41) is 0.783. The molecule has 28 heavy (non-hydrogen) atoms. The fourth-order valence-electron chi connectivity index (χ4n) is 3.49. The molecule has 2 N–H and O–H groups in total. The summed E-state index contributed by atoms with van der Waals surface area (Å²) in [4.78, 5) is 4.56. The Balaban J connectivity index is 1.99. The number of nitrogen functional groups attached to an aromatic ring is 1. The van der Waals surface area contributed by atoms with Crippen LogP contribution in [0.15, 0.2) is 76.8 Å². The zero-order chi connectivity index (χ0) is 20.1. The van der Waals surface area contributed by atoms with Gasteiger partial charge in [0.25, 0.3) is 0 Å². The number of nitrogens with two attached hydrogens (primary N) is 1. The summed E-state index contributed by atoms with van der Waals surface area (Å²) < 4.78 is 0. The molecule has 3 heteroatoms. The van der Waals surface area contributed by atoms with Gasteiger partial charge >= 0.3 is 0 Å². The quantitative estimate of drug-likeness (QED) is 0.574. The van der Waals surface area contributed by atoms with Gasteiger partial charge in [0.15, 0.2) is 0 Å². The largest absolute Gasteiger partial charge is 0.399 e. The minimum atomic E-state index is 0.783. The zero-order valence-corrected chi connectivity index (χ0v) is 17.6. The lowest BCUT2D eigenvalue weighted by Gasteiger charge is -2.17. The molecular formula is C25H27ClN2. The highest BCUT2D eigenvalue weighted by atomic mass is 35.5. The van der Waals surface area contributed by atoms with Gasteiger partial charge in [0.2, 0.25) is 0 Å². The summed E-state index contributed by atoms with van der Waals surface area (Å²) in [6.45, 7) is 7.02. The number of hydrogen-bond donors (Lipinski definition) is 1. The van der Waals surface area contributed by atoms with Crippen molar-refractivity contribution in [1.29, 1.82) is 0 Å². The van der Waals surface area contributed by atoms with E-state index in [-0.39, 0.29) is 0 Å². The van der Waals surface area contributed by atoms with Crippen molar-refractivity contribution >= 4 is 28.6 Å². The molecule has 0 amide bonds. The van der Waals surface area contributed by atoms with Crippen LogP contribution >= 0.6 is 11.6 Å². The first-order valence-electron chi connectivity index (χ1n) is 9.74. The van der Waals surface area contributed by atoms with Gasteiger partial charge in [-0.15, -0.1) is 0 Å². The summed E-state index contributed by atoms with van der Waals surface area (Å²) in [7, 11) is 0. The van der Waals surface area contributed by atoms with Crippen LogP contribution in [0.25, 0.3) is 5.57 Å².